The number of carbonyl (C=O) groups is 1. The highest BCUT2D eigenvalue weighted by molar-refractivity contribution is 5.78. The molecule has 7 nitrogen and oxygen atoms in total. The summed E-state index contributed by atoms with van der Waals surface area (Å²) in [6, 6.07) is 9.51. The SMILES string of the molecule is Cc1ccc(OCC(=O)N2C[C@H]3[C@H](CNc4ncccn4)CO[C@H]3C2)cc1. The molecule has 2 aliphatic heterocycles. The van der Waals surface area contributed by atoms with Crippen molar-refractivity contribution < 1.29 is 14.3 Å². The van der Waals surface area contributed by atoms with Crippen LogP contribution in [0.15, 0.2) is 42.7 Å². The summed E-state index contributed by atoms with van der Waals surface area (Å²) in [5, 5.41) is 3.26. The molecule has 142 valence electrons. The van der Waals surface area contributed by atoms with Crippen LogP contribution in [-0.2, 0) is 9.53 Å². The first-order valence-corrected chi connectivity index (χ1v) is 9.29. The number of likely N-dealkylation sites (tertiary alicyclic amines) is 1. The van der Waals surface area contributed by atoms with Gasteiger partial charge >= 0.3 is 0 Å². The number of rotatable bonds is 6. The van der Waals surface area contributed by atoms with E-state index in [-0.39, 0.29) is 18.6 Å². The highest BCUT2D eigenvalue weighted by Gasteiger charge is 2.45. The number of hydrogen-bond donors (Lipinski definition) is 1. The Morgan fingerprint density at radius 1 is 1.26 bits per heavy atom. The van der Waals surface area contributed by atoms with Gasteiger partial charge in [-0.3, -0.25) is 4.79 Å². The molecule has 0 spiro atoms. The fourth-order valence-electron chi connectivity index (χ4n) is 3.70. The molecule has 2 aliphatic rings. The van der Waals surface area contributed by atoms with Gasteiger partial charge in [-0.1, -0.05) is 17.7 Å². The number of anilines is 1. The molecular formula is C20H24N4O3. The normalized spacial score (nSPS) is 23.9. The van der Waals surface area contributed by atoms with Crippen molar-refractivity contribution >= 4 is 11.9 Å². The Balaban J connectivity index is 1.27. The zero-order chi connectivity index (χ0) is 18.6. The van der Waals surface area contributed by atoms with Crippen LogP contribution in [0.25, 0.3) is 0 Å². The van der Waals surface area contributed by atoms with Crippen LogP contribution in [0, 0.1) is 18.8 Å². The molecule has 4 rings (SSSR count). The average molecular weight is 368 g/mol. The number of nitrogens with one attached hydrogen (secondary N) is 1. The van der Waals surface area contributed by atoms with Crippen LogP contribution in [0.5, 0.6) is 5.75 Å². The number of benzene rings is 1. The van der Waals surface area contributed by atoms with E-state index in [2.05, 4.69) is 15.3 Å². The largest absolute Gasteiger partial charge is 0.484 e. The quantitative estimate of drug-likeness (QED) is 0.837. The monoisotopic (exact) mass is 368 g/mol. The molecule has 0 radical (unpaired) electrons. The minimum absolute atomic E-state index is 0.00618. The Hall–Kier alpha value is -2.67. The molecule has 2 saturated heterocycles. The number of carbonyl (C=O) groups excluding carboxylic acids is 1. The number of amides is 1. The van der Waals surface area contributed by atoms with Gasteiger partial charge in [0.05, 0.1) is 12.7 Å². The van der Waals surface area contributed by atoms with Gasteiger partial charge in [-0.15, -0.1) is 0 Å². The third-order valence-corrected chi connectivity index (χ3v) is 5.26. The van der Waals surface area contributed by atoms with E-state index in [9.17, 15) is 4.79 Å². The summed E-state index contributed by atoms with van der Waals surface area (Å²) < 4.78 is 11.5. The zero-order valence-corrected chi connectivity index (χ0v) is 15.4. The molecule has 3 atom stereocenters. The summed E-state index contributed by atoms with van der Waals surface area (Å²) in [5.41, 5.74) is 1.17. The predicted molar refractivity (Wildman–Crippen MR) is 100 cm³/mol. The molecule has 0 saturated carbocycles. The first kappa shape index (κ1) is 17.7. The van der Waals surface area contributed by atoms with Crippen LogP contribution in [0.2, 0.25) is 0 Å². The number of nitrogens with zero attached hydrogens (tertiary/aromatic N) is 3. The van der Waals surface area contributed by atoms with Crippen molar-refractivity contribution in [2.75, 3.05) is 38.2 Å². The molecule has 0 unspecified atom stereocenters. The molecule has 7 heteroatoms. The van der Waals surface area contributed by atoms with Crippen molar-refractivity contribution in [3.8, 4) is 5.75 Å². The summed E-state index contributed by atoms with van der Waals surface area (Å²) in [6.45, 7) is 4.88. The van der Waals surface area contributed by atoms with E-state index in [1.807, 2.05) is 36.1 Å². The summed E-state index contributed by atoms with van der Waals surface area (Å²) in [7, 11) is 0. The van der Waals surface area contributed by atoms with Gasteiger partial charge in [-0.25, -0.2) is 9.97 Å². The third-order valence-electron chi connectivity index (χ3n) is 5.26. The maximum Gasteiger partial charge on any atom is 0.260 e. The lowest BCUT2D eigenvalue weighted by atomic mass is 9.93. The summed E-state index contributed by atoms with van der Waals surface area (Å²) in [6.07, 6.45) is 3.54. The zero-order valence-electron chi connectivity index (χ0n) is 15.4. The van der Waals surface area contributed by atoms with Gasteiger partial charge in [0.2, 0.25) is 5.95 Å². The van der Waals surface area contributed by atoms with Gasteiger partial charge < -0.3 is 19.7 Å². The highest BCUT2D eigenvalue weighted by Crippen LogP contribution is 2.33. The molecule has 3 heterocycles. The van der Waals surface area contributed by atoms with Crippen molar-refractivity contribution in [2.45, 2.75) is 13.0 Å². The Kier molecular flexibility index (Phi) is 5.20. The van der Waals surface area contributed by atoms with Crippen LogP contribution in [0.1, 0.15) is 5.56 Å². The molecule has 1 aromatic carbocycles. The van der Waals surface area contributed by atoms with Gasteiger partial charge in [0, 0.05) is 43.9 Å². The van der Waals surface area contributed by atoms with Crippen LogP contribution >= 0.6 is 0 Å². The van der Waals surface area contributed by atoms with Crippen LogP contribution < -0.4 is 10.1 Å². The molecule has 2 aromatic rings. The van der Waals surface area contributed by atoms with E-state index >= 15 is 0 Å². The van der Waals surface area contributed by atoms with Crippen LogP contribution in [0.3, 0.4) is 0 Å². The van der Waals surface area contributed by atoms with E-state index in [1.54, 1.807) is 18.5 Å². The van der Waals surface area contributed by atoms with Gasteiger partial charge in [-0.2, -0.15) is 0 Å². The number of hydrogen-bond acceptors (Lipinski definition) is 6. The summed E-state index contributed by atoms with van der Waals surface area (Å²) >= 11 is 0. The molecule has 0 bridgehead atoms. The van der Waals surface area contributed by atoms with Crippen LogP contribution in [-0.4, -0.2) is 59.7 Å². The summed E-state index contributed by atoms with van der Waals surface area (Å²) in [4.78, 5) is 22.7. The second-order valence-electron chi connectivity index (χ2n) is 7.15. The lowest BCUT2D eigenvalue weighted by Gasteiger charge is -2.20. The Morgan fingerprint density at radius 3 is 2.81 bits per heavy atom. The van der Waals surface area contributed by atoms with Gasteiger partial charge in [0.15, 0.2) is 6.61 Å². The minimum atomic E-state index is 0.00618. The molecule has 1 amide bonds. The van der Waals surface area contributed by atoms with Crippen molar-refractivity contribution in [1.29, 1.82) is 0 Å². The molecule has 0 aliphatic carbocycles. The van der Waals surface area contributed by atoms with Crippen molar-refractivity contribution in [1.82, 2.24) is 14.9 Å². The summed E-state index contributed by atoms with van der Waals surface area (Å²) in [5.74, 6) is 2.03. The molecule has 2 fully saturated rings. The van der Waals surface area contributed by atoms with E-state index < -0.39 is 0 Å². The lowest BCUT2D eigenvalue weighted by molar-refractivity contribution is -0.133. The number of aryl methyl sites for hydroxylation is 1. The van der Waals surface area contributed by atoms with Gasteiger partial charge in [-0.05, 0) is 25.1 Å². The first-order chi connectivity index (χ1) is 13.2. The van der Waals surface area contributed by atoms with Crippen LogP contribution in [0.4, 0.5) is 5.95 Å². The Morgan fingerprint density at radius 2 is 2.04 bits per heavy atom. The van der Waals surface area contributed by atoms with E-state index in [1.165, 1.54) is 5.56 Å². The Bertz CT molecular complexity index is 769. The topological polar surface area (TPSA) is 76.6 Å². The number of fused-ring (bicyclic) bond motifs is 1. The van der Waals surface area contributed by atoms with Crippen molar-refractivity contribution in [2.24, 2.45) is 11.8 Å². The van der Waals surface area contributed by atoms with Crippen molar-refractivity contribution in [3.05, 3.63) is 48.3 Å². The van der Waals surface area contributed by atoms with Gasteiger partial charge in [0.25, 0.3) is 5.91 Å². The standard InChI is InChI=1S/C20H24N4O3/c1-14-3-5-16(6-4-14)26-13-19(25)24-10-17-15(12-27-18(17)11-24)9-23-20-21-7-2-8-22-20/h2-8,15,17-18H,9-13H2,1H3,(H,21,22,23)/t15-,17+,18+/m1/s1. The van der Waals surface area contributed by atoms with Crippen molar-refractivity contribution in [3.63, 3.8) is 0 Å². The fraction of sp³-hybridized carbons (Fsp3) is 0.450. The van der Waals surface area contributed by atoms with Gasteiger partial charge in [0.1, 0.15) is 5.75 Å². The maximum atomic E-state index is 12.5. The molecule has 27 heavy (non-hydrogen) atoms. The van der Waals surface area contributed by atoms with E-state index in [0.717, 1.165) is 12.3 Å². The lowest BCUT2D eigenvalue weighted by Crippen LogP contribution is -2.35. The first-order valence-electron chi connectivity index (χ1n) is 9.29. The van der Waals surface area contributed by atoms with E-state index in [0.29, 0.717) is 37.5 Å². The second kappa shape index (κ2) is 7.92. The number of aromatic nitrogens is 2. The average Bonchev–Trinajstić information content (AvgIpc) is 3.28. The highest BCUT2D eigenvalue weighted by atomic mass is 16.5. The molecule has 1 N–H and O–H groups in total. The second-order valence-corrected chi connectivity index (χ2v) is 7.15. The minimum Gasteiger partial charge on any atom is -0.484 e. The molecular weight excluding hydrogens is 344 g/mol. The fourth-order valence-corrected chi connectivity index (χ4v) is 3.70. The predicted octanol–water partition coefficient (Wildman–Crippen LogP) is 1.75. The number of ether oxygens (including phenoxy) is 2. The Labute approximate surface area is 158 Å². The molecule has 1 aromatic heterocycles. The third kappa shape index (κ3) is 4.19. The smallest absolute Gasteiger partial charge is 0.260 e. The maximum absolute atomic E-state index is 12.5. The van der Waals surface area contributed by atoms with E-state index in [4.69, 9.17) is 9.47 Å².